The maximum absolute atomic E-state index is 11.1. The van der Waals surface area contributed by atoms with Crippen LogP contribution in [0.15, 0.2) is 41.4 Å². The molecule has 29 heavy (non-hydrogen) atoms. The van der Waals surface area contributed by atoms with Gasteiger partial charge < -0.3 is 20.7 Å². The highest BCUT2D eigenvalue weighted by Gasteiger charge is 2.08. The summed E-state index contributed by atoms with van der Waals surface area (Å²) in [5.41, 5.74) is 0.723. The molecule has 0 aliphatic heterocycles. The number of anilines is 1. The standard InChI is InChI=1S/C21H30N4O2S.HI/c1-5-22-21(24-15(2)13-20-10-9-16(3)28-20)23-11-12-27-19-8-6-7-18(14-19)25-17(4)26;/h6-10,14-15H,5,11-13H2,1-4H3,(H,25,26)(H2,22,23,24);1H. The highest BCUT2D eigenvalue weighted by atomic mass is 127. The fraction of sp³-hybridized carbons (Fsp3) is 0.429. The molecular formula is C21H31IN4O2S. The third-order valence-electron chi connectivity index (χ3n) is 3.82. The molecule has 6 nitrogen and oxygen atoms in total. The number of carbonyl (C=O) groups excluding carboxylic acids is 1. The monoisotopic (exact) mass is 530 g/mol. The van der Waals surface area contributed by atoms with Crippen molar-refractivity contribution in [3.63, 3.8) is 0 Å². The number of nitrogens with one attached hydrogen (secondary N) is 3. The molecule has 1 aromatic carbocycles. The van der Waals surface area contributed by atoms with Gasteiger partial charge in [0.25, 0.3) is 0 Å². The Bertz CT molecular complexity index is 794. The van der Waals surface area contributed by atoms with Gasteiger partial charge in [0.2, 0.25) is 5.91 Å². The van der Waals surface area contributed by atoms with Crippen LogP contribution in [0.1, 0.15) is 30.5 Å². The second-order valence-electron chi connectivity index (χ2n) is 6.58. The first kappa shape index (κ1) is 25.2. The molecule has 1 atom stereocenters. The van der Waals surface area contributed by atoms with Crippen molar-refractivity contribution < 1.29 is 9.53 Å². The maximum atomic E-state index is 11.1. The van der Waals surface area contributed by atoms with Crippen LogP contribution in [0.2, 0.25) is 0 Å². The van der Waals surface area contributed by atoms with Gasteiger partial charge in [-0.3, -0.25) is 4.79 Å². The molecule has 0 fully saturated rings. The number of aliphatic imine (C=N–C) groups is 1. The smallest absolute Gasteiger partial charge is 0.221 e. The molecule has 0 saturated heterocycles. The molecule has 3 N–H and O–H groups in total. The van der Waals surface area contributed by atoms with Crippen molar-refractivity contribution in [2.75, 3.05) is 25.0 Å². The molecule has 0 aliphatic carbocycles. The minimum atomic E-state index is -0.102. The van der Waals surface area contributed by atoms with E-state index >= 15 is 0 Å². The number of hydrogen-bond donors (Lipinski definition) is 3. The first-order valence-corrected chi connectivity index (χ1v) is 10.4. The van der Waals surface area contributed by atoms with Gasteiger partial charge in [0, 0.05) is 47.4 Å². The van der Waals surface area contributed by atoms with Gasteiger partial charge in [0.15, 0.2) is 5.96 Å². The van der Waals surface area contributed by atoms with Gasteiger partial charge >= 0.3 is 0 Å². The van der Waals surface area contributed by atoms with E-state index in [1.165, 1.54) is 16.7 Å². The molecule has 8 heteroatoms. The van der Waals surface area contributed by atoms with Crippen LogP contribution in [0.5, 0.6) is 5.75 Å². The molecule has 1 aromatic heterocycles. The van der Waals surface area contributed by atoms with Crippen molar-refractivity contribution in [3.05, 3.63) is 46.2 Å². The lowest BCUT2D eigenvalue weighted by Gasteiger charge is -2.17. The van der Waals surface area contributed by atoms with Crippen molar-refractivity contribution in [2.45, 2.75) is 40.2 Å². The summed E-state index contributed by atoms with van der Waals surface area (Å²) >= 11 is 1.83. The molecule has 1 heterocycles. The van der Waals surface area contributed by atoms with E-state index in [4.69, 9.17) is 4.74 Å². The number of halogens is 1. The first-order valence-electron chi connectivity index (χ1n) is 9.57. The van der Waals surface area contributed by atoms with Crippen molar-refractivity contribution in [1.29, 1.82) is 0 Å². The van der Waals surface area contributed by atoms with Crippen molar-refractivity contribution >= 4 is 52.9 Å². The molecule has 0 spiro atoms. The second-order valence-corrected chi connectivity index (χ2v) is 7.95. The van der Waals surface area contributed by atoms with E-state index in [0.29, 0.717) is 18.9 Å². The van der Waals surface area contributed by atoms with Gasteiger partial charge in [-0.1, -0.05) is 6.07 Å². The third-order valence-corrected chi connectivity index (χ3v) is 4.84. The number of nitrogens with zero attached hydrogens (tertiary/aromatic N) is 1. The van der Waals surface area contributed by atoms with Crippen molar-refractivity contribution in [3.8, 4) is 5.75 Å². The van der Waals surface area contributed by atoms with Gasteiger partial charge in [-0.2, -0.15) is 0 Å². The van der Waals surface area contributed by atoms with E-state index < -0.39 is 0 Å². The lowest BCUT2D eigenvalue weighted by Crippen LogP contribution is -2.43. The van der Waals surface area contributed by atoms with E-state index in [9.17, 15) is 4.79 Å². The van der Waals surface area contributed by atoms with E-state index in [1.54, 1.807) is 6.07 Å². The molecule has 2 aromatic rings. The van der Waals surface area contributed by atoms with Crippen molar-refractivity contribution in [1.82, 2.24) is 10.6 Å². The van der Waals surface area contributed by atoms with Gasteiger partial charge in [0.1, 0.15) is 12.4 Å². The van der Waals surface area contributed by atoms with Crippen LogP contribution in [0.25, 0.3) is 0 Å². The maximum Gasteiger partial charge on any atom is 0.221 e. The van der Waals surface area contributed by atoms with Crippen LogP contribution < -0.4 is 20.7 Å². The summed E-state index contributed by atoms with van der Waals surface area (Å²) in [5.74, 6) is 1.40. The zero-order valence-corrected chi connectivity index (χ0v) is 20.6. The Balaban J connectivity index is 0.00000420. The summed E-state index contributed by atoms with van der Waals surface area (Å²) < 4.78 is 5.75. The number of carbonyl (C=O) groups is 1. The Morgan fingerprint density at radius 1 is 1.28 bits per heavy atom. The molecule has 1 unspecified atom stereocenters. The van der Waals surface area contributed by atoms with Crippen LogP contribution in [-0.4, -0.2) is 37.6 Å². The number of ether oxygens (including phenoxy) is 1. The summed E-state index contributed by atoms with van der Waals surface area (Å²) in [7, 11) is 0. The highest BCUT2D eigenvalue weighted by molar-refractivity contribution is 14.0. The Hall–Kier alpha value is -1.81. The zero-order chi connectivity index (χ0) is 20.4. The highest BCUT2D eigenvalue weighted by Crippen LogP contribution is 2.17. The number of rotatable bonds is 9. The fourth-order valence-corrected chi connectivity index (χ4v) is 3.71. The van der Waals surface area contributed by atoms with E-state index in [0.717, 1.165) is 24.6 Å². The Kier molecular flexibility index (Phi) is 11.7. The summed E-state index contributed by atoms with van der Waals surface area (Å²) in [4.78, 5) is 18.4. The summed E-state index contributed by atoms with van der Waals surface area (Å²) in [6, 6.07) is 12.0. The van der Waals surface area contributed by atoms with Crippen LogP contribution >= 0.6 is 35.3 Å². The minimum Gasteiger partial charge on any atom is -0.492 e. The van der Waals surface area contributed by atoms with Gasteiger partial charge in [-0.25, -0.2) is 4.99 Å². The molecule has 1 amide bonds. The van der Waals surface area contributed by atoms with Crippen LogP contribution in [0.3, 0.4) is 0 Å². The van der Waals surface area contributed by atoms with E-state index in [1.807, 2.05) is 29.5 Å². The van der Waals surface area contributed by atoms with E-state index in [2.05, 4.69) is 53.8 Å². The molecule has 0 aliphatic rings. The first-order chi connectivity index (χ1) is 13.5. The average Bonchev–Trinajstić information content (AvgIpc) is 3.03. The van der Waals surface area contributed by atoms with Gasteiger partial charge in [-0.05, 0) is 45.0 Å². The average molecular weight is 530 g/mol. The minimum absolute atomic E-state index is 0. The number of thiophene rings is 1. The van der Waals surface area contributed by atoms with Crippen LogP contribution in [0, 0.1) is 6.92 Å². The summed E-state index contributed by atoms with van der Waals surface area (Å²) in [5, 5.41) is 9.47. The molecular weight excluding hydrogens is 499 g/mol. The molecule has 0 radical (unpaired) electrons. The SMILES string of the molecule is CCNC(=NCCOc1cccc(NC(C)=O)c1)NC(C)Cc1ccc(C)s1.I. The Labute approximate surface area is 194 Å². The lowest BCUT2D eigenvalue weighted by molar-refractivity contribution is -0.114. The predicted molar refractivity (Wildman–Crippen MR) is 133 cm³/mol. The van der Waals surface area contributed by atoms with E-state index in [-0.39, 0.29) is 35.9 Å². The summed E-state index contributed by atoms with van der Waals surface area (Å²) in [6.07, 6.45) is 0.968. The lowest BCUT2D eigenvalue weighted by atomic mass is 10.2. The third kappa shape index (κ3) is 9.98. The van der Waals surface area contributed by atoms with Crippen molar-refractivity contribution in [2.24, 2.45) is 4.99 Å². The molecule has 0 bridgehead atoms. The topological polar surface area (TPSA) is 74.8 Å². The summed E-state index contributed by atoms with van der Waals surface area (Å²) in [6.45, 7) is 9.61. The number of aryl methyl sites for hydroxylation is 1. The molecule has 160 valence electrons. The van der Waals surface area contributed by atoms with Crippen LogP contribution in [-0.2, 0) is 11.2 Å². The quantitative estimate of drug-likeness (QED) is 0.197. The number of hydrogen-bond acceptors (Lipinski definition) is 4. The second kappa shape index (κ2) is 13.4. The molecule has 2 rings (SSSR count). The number of amides is 1. The number of guanidine groups is 1. The van der Waals surface area contributed by atoms with Gasteiger partial charge in [-0.15, -0.1) is 35.3 Å². The fourth-order valence-electron chi connectivity index (χ4n) is 2.69. The van der Waals surface area contributed by atoms with Crippen LogP contribution in [0.4, 0.5) is 5.69 Å². The largest absolute Gasteiger partial charge is 0.492 e. The molecule has 0 saturated carbocycles. The predicted octanol–water partition coefficient (Wildman–Crippen LogP) is 4.20. The normalized spacial score (nSPS) is 11.9. The number of benzene rings is 1. The van der Waals surface area contributed by atoms with Gasteiger partial charge in [0.05, 0.1) is 6.54 Å². The Morgan fingerprint density at radius 2 is 2.07 bits per heavy atom. The Morgan fingerprint density at radius 3 is 2.72 bits per heavy atom. The zero-order valence-electron chi connectivity index (χ0n) is 17.5.